The van der Waals surface area contributed by atoms with Crippen molar-refractivity contribution in [1.82, 2.24) is 0 Å². The normalized spacial score (nSPS) is 10.9. The van der Waals surface area contributed by atoms with Crippen molar-refractivity contribution in [3.8, 4) is 0 Å². The molecule has 0 spiro atoms. The third-order valence-electron chi connectivity index (χ3n) is 2.08. The monoisotopic (exact) mass is 245 g/mol. The molecule has 1 amide bonds. The molecule has 0 aliphatic heterocycles. The number of carbonyl (C=O) groups excluding carboxylic acids is 1. The minimum Gasteiger partial charge on any atom is -0.478 e. The minimum absolute atomic E-state index is 0.0620. The van der Waals surface area contributed by atoms with Crippen molar-refractivity contribution in [2.45, 2.75) is 12.8 Å². The Kier molecular flexibility index (Phi) is 5.97. The highest BCUT2D eigenvalue weighted by atomic mass is 16.4. The summed E-state index contributed by atoms with van der Waals surface area (Å²) in [7, 11) is 0. The van der Waals surface area contributed by atoms with Crippen molar-refractivity contribution in [2.24, 2.45) is 0 Å². The van der Waals surface area contributed by atoms with Crippen molar-refractivity contribution in [1.29, 1.82) is 0 Å². The van der Waals surface area contributed by atoms with Crippen LogP contribution in [0.3, 0.4) is 0 Å². The zero-order valence-corrected chi connectivity index (χ0v) is 9.87. The summed E-state index contributed by atoms with van der Waals surface area (Å²) in [5, 5.41) is 11.1. The van der Waals surface area contributed by atoms with Crippen LogP contribution >= 0.6 is 0 Å². The summed E-state index contributed by atoms with van der Waals surface area (Å²) in [6.45, 7) is 0. The van der Waals surface area contributed by atoms with Gasteiger partial charge < -0.3 is 10.4 Å². The second kappa shape index (κ2) is 7.84. The van der Waals surface area contributed by atoms with E-state index in [-0.39, 0.29) is 5.91 Å². The Labute approximate surface area is 106 Å². The summed E-state index contributed by atoms with van der Waals surface area (Å²) in [6, 6.07) is 9.23. The molecular formula is C14H15NO3. The molecule has 0 heterocycles. The van der Waals surface area contributed by atoms with Crippen LogP contribution in [0.4, 0.5) is 5.69 Å². The van der Waals surface area contributed by atoms with Crippen LogP contribution in [0.1, 0.15) is 12.8 Å². The highest BCUT2D eigenvalue weighted by Gasteiger charge is 1.99. The molecule has 0 aliphatic carbocycles. The number of aliphatic carboxylic acids is 1. The van der Waals surface area contributed by atoms with Crippen molar-refractivity contribution >= 4 is 17.6 Å². The largest absolute Gasteiger partial charge is 0.478 e. The maximum atomic E-state index is 11.5. The van der Waals surface area contributed by atoms with E-state index < -0.39 is 5.97 Å². The molecule has 4 nitrogen and oxygen atoms in total. The molecule has 0 aliphatic rings. The average Bonchev–Trinajstić information content (AvgIpc) is 2.34. The quantitative estimate of drug-likeness (QED) is 0.598. The van der Waals surface area contributed by atoms with Gasteiger partial charge in [-0.05, 0) is 18.6 Å². The number of allylic oxidation sites excluding steroid dienone is 3. The smallest absolute Gasteiger partial charge is 0.328 e. The summed E-state index contributed by atoms with van der Waals surface area (Å²) < 4.78 is 0. The van der Waals surface area contributed by atoms with Crippen molar-refractivity contribution in [3.63, 3.8) is 0 Å². The number of nitrogens with one attached hydrogen (secondary N) is 1. The number of anilines is 1. The highest BCUT2D eigenvalue weighted by Crippen LogP contribution is 2.06. The lowest BCUT2D eigenvalue weighted by Gasteiger charge is -2.02. The molecule has 2 N–H and O–H groups in total. The highest BCUT2D eigenvalue weighted by molar-refractivity contribution is 5.90. The van der Waals surface area contributed by atoms with Crippen molar-refractivity contribution in [3.05, 3.63) is 54.6 Å². The molecule has 4 heteroatoms. The fourth-order valence-electron chi connectivity index (χ4n) is 1.27. The van der Waals surface area contributed by atoms with Gasteiger partial charge in [0.05, 0.1) is 0 Å². The van der Waals surface area contributed by atoms with Gasteiger partial charge in [-0.1, -0.05) is 36.4 Å². The first-order valence-electron chi connectivity index (χ1n) is 5.59. The van der Waals surface area contributed by atoms with Crippen LogP contribution in [0.2, 0.25) is 0 Å². The maximum absolute atomic E-state index is 11.5. The van der Waals surface area contributed by atoms with Gasteiger partial charge in [-0.25, -0.2) is 4.79 Å². The van der Waals surface area contributed by atoms with Crippen LogP contribution in [0, 0.1) is 0 Å². The van der Waals surface area contributed by atoms with Crippen molar-refractivity contribution < 1.29 is 14.7 Å². The van der Waals surface area contributed by atoms with E-state index in [0.717, 1.165) is 11.8 Å². The molecule has 0 atom stereocenters. The lowest BCUT2D eigenvalue weighted by Crippen LogP contribution is -2.10. The third kappa shape index (κ3) is 6.27. The molecule has 1 aromatic rings. The summed E-state index contributed by atoms with van der Waals surface area (Å²) in [5.41, 5.74) is 0.775. The number of carboxylic acids is 1. The fourth-order valence-corrected chi connectivity index (χ4v) is 1.27. The summed E-state index contributed by atoms with van der Waals surface area (Å²) in [6.07, 6.45) is 6.78. The molecule has 0 unspecified atom stereocenters. The van der Waals surface area contributed by atoms with E-state index in [2.05, 4.69) is 5.32 Å². The first-order valence-corrected chi connectivity index (χ1v) is 5.59. The maximum Gasteiger partial charge on any atom is 0.328 e. The summed E-state index contributed by atoms with van der Waals surface area (Å²) >= 11 is 0. The molecule has 0 saturated heterocycles. The van der Waals surface area contributed by atoms with Crippen LogP contribution in [0.5, 0.6) is 0 Å². The van der Waals surface area contributed by atoms with Gasteiger partial charge in [0.2, 0.25) is 5.91 Å². The zero-order valence-electron chi connectivity index (χ0n) is 9.87. The van der Waals surface area contributed by atoms with Gasteiger partial charge in [0.25, 0.3) is 0 Å². The van der Waals surface area contributed by atoms with Gasteiger partial charge >= 0.3 is 5.97 Å². The number of benzene rings is 1. The van der Waals surface area contributed by atoms with E-state index in [1.165, 1.54) is 6.08 Å². The molecule has 18 heavy (non-hydrogen) atoms. The number of carboxylic acid groups (broad SMARTS) is 1. The van der Waals surface area contributed by atoms with Crippen LogP contribution < -0.4 is 5.32 Å². The Morgan fingerprint density at radius 2 is 1.89 bits per heavy atom. The van der Waals surface area contributed by atoms with Gasteiger partial charge in [0.1, 0.15) is 0 Å². The summed E-state index contributed by atoms with van der Waals surface area (Å²) in [5.74, 6) is -1.05. The first kappa shape index (κ1) is 13.7. The molecule has 0 radical (unpaired) electrons. The SMILES string of the molecule is O=C(O)/C=C/C=C/CCC(=O)Nc1ccccc1. The summed E-state index contributed by atoms with van der Waals surface area (Å²) in [4.78, 5) is 21.7. The predicted molar refractivity (Wildman–Crippen MR) is 70.2 cm³/mol. The molecule has 1 rings (SSSR count). The second-order valence-electron chi connectivity index (χ2n) is 3.58. The lowest BCUT2D eigenvalue weighted by molar-refractivity contribution is -0.131. The molecule has 94 valence electrons. The predicted octanol–water partition coefficient (Wildman–Crippen LogP) is 2.60. The average molecular weight is 245 g/mol. The van der Waals surface area contributed by atoms with Gasteiger partial charge in [0.15, 0.2) is 0 Å². The number of carbonyl (C=O) groups is 2. The number of para-hydroxylation sites is 1. The number of hydrogen-bond donors (Lipinski definition) is 2. The standard InChI is InChI=1S/C14H15NO3/c16-13(15-12-8-4-3-5-9-12)10-6-1-2-7-11-14(17)18/h1-5,7-9,11H,6,10H2,(H,15,16)(H,17,18)/b2-1+,11-7+. The van der Waals surface area contributed by atoms with E-state index in [1.54, 1.807) is 12.2 Å². The van der Waals surface area contributed by atoms with Gasteiger partial charge in [-0.3, -0.25) is 4.79 Å². The van der Waals surface area contributed by atoms with Crippen LogP contribution in [0.15, 0.2) is 54.6 Å². The van der Waals surface area contributed by atoms with Crippen molar-refractivity contribution in [2.75, 3.05) is 5.32 Å². The molecule has 0 saturated carbocycles. The Balaban J connectivity index is 2.24. The fraction of sp³-hybridized carbons (Fsp3) is 0.143. The first-order chi connectivity index (χ1) is 8.68. The van der Waals surface area contributed by atoms with Gasteiger partial charge in [0, 0.05) is 18.2 Å². The van der Waals surface area contributed by atoms with E-state index >= 15 is 0 Å². The van der Waals surface area contributed by atoms with Crippen LogP contribution in [-0.4, -0.2) is 17.0 Å². The number of amides is 1. The Morgan fingerprint density at radius 3 is 2.56 bits per heavy atom. The molecular weight excluding hydrogens is 230 g/mol. The van der Waals surface area contributed by atoms with E-state index in [1.807, 2.05) is 30.3 Å². The van der Waals surface area contributed by atoms with Crippen LogP contribution in [-0.2, 0) is 9.59 Å². The second-order valence-corrected chi connectivity index (χ2v) is 3.58. The van der Waals surface area contributed by atoms with E-state index in [4.69, 9.17) is 5.11 Å². The minimum atomic E-state index is -0.985. The molecule has 0 bridgehead atoms. The Bertz CT molecular complexity index is 449. The lowest BCUT2D eigenvalue weighted by atomic mass is 10.2. The Morgan fingerprint density at radius 1 is 1.17 bits per heavy atom. The molecule has 0 aromatic heterocycles. The number of rotatable bonds is 6. The number of hydrogen-bond acceptors (Lipinski definition) is 2. The van der Waals surface area contributed by atoms with Crippen LogP contribution in [0.25, 0.3) is 0 Å². The Hall–Kier alpha value is -2.36. The molecule has 1 aromatic carbocycles. The van der Waals surface area contributed by atoms with Gasteiger partial charge in [-0.15, -0.1) is 0 Å². The zero-order chi connectivity index (χ0) is 13.2. The van der Waals surface area contributed by atoms with E-state index in [0.29, 0.717) is 12.8 Å². The molecule has 0 fully saturated rings. The third-order valence-corrected chi connectivity index (χ3v) is 2.08. The topological polar surface area (TPSA) is 66.4 Å². The van der Waals surface area contributed by atoms with E-state index in [9.17, 15) is 9.59 Å². The van der Waals surface area contributed by atoms with Gasteiger partial charge in [-0.2, -0.15) is 0 Å².